The van der Waals surface area contributed by atoms with Crippen LogP contribution in [0.25, 0.3) is 180 Å². The van der Waals surface area contributed by atoms with Crippen LogP contribution in [0.2, 0.25) is 0 Å². The fourth-order valence-electron chi connectivity index (χ4n) is 15.7. The number of fused-ring (bicyclic) bond motifs is 18. The van der Waals surface area contributed by atoms with Crippen LogP contribution in [0.4, 0.5) is 0 Å². The fraction of sp³-hybridized carbons (Fsp3) is 0. The van der Waals surface area contributed by atoms with Gasteiger partial charge >= 0.3 is 0 Å². The van der Waals surface area contributed by atoms with E-state index >= 15 is 0 Å². The predicted octanol–water partition coefficient (Wildman–Crippen LogP) is 24.6. The molecule has 0 saturated carbocycles. The number of benzene rings is 15. The molecule has 0 fully saturated rings. The van der Waals surface area contributed by atoms with E-state index in [2.05, 4.69) is 369 Å². The van der Waals surface area contributed by atoms with Gasteiger partial charge < -0.3 is 22.8 Å². The first-order chi connectivity index (χ1) is 47.6. The molecule has 0 aliphatic carbocycles. The molecule has 0 unspecified atom stereocenters. The normalized spacial score (nSPS) is 12.0. The molecule has 6 heterocycles. The van der Waals surface area contributed by atoms with Gasteiger partial charge in [-0.1, -0.05) is 194 Å². The lowest BCUT2D eigenvalue weighted by Gasteiger charge is -2.11. The Balaban J connectivity index is 0.000000132. The molecule has 15 aromatic carbocycles. The Morgan fingerprint density at radius 1 is 0.146 bits per heavy atom. The summed E-state index contributed by atoms with van der Waals surface area (Å²) in [5, 5.41) is 15.3. The van der Waals surface area contributed by atoms with Crippen molar-refractivity contribution in [1.29, 1.82) is 0 Å². The van der Waals surface area contributed by atoms with Crippen molar-refractivity contribution >= 4 is 141 Å². The zero-order valence-electron chi connectivity index (χ0n) is 52.1. The minimum absolute atomic E-state index is 1.16. The van der Waals surface area contributed by atoms with E-state index < -0.39 is 0 Å². The van der Waals surface area contributed by atoms with Crippen LogP contribution in [-0.2, 0) is 0 Å². The quantitative estimate of drug-likeness (QED) is 0.152. The molecule has 96 heavy (non-hydrogen) atoms. The summed E-state index contributed by atoms with van der Waals surface area (Å²) >= 11 is 1.87. The van der Waals surface area contributed by atoms with Gasteiger partial charge in [0.15, 0.2) is 0 Å². The first kappa shape index (κ1) is 54.1. The van der Waals surface area contributed by atoms with Crippen LogP contribution in [0.15, 0.2) is 346 Å². The van der Waals surface area contributed by atoms with Gasteiger partial charge in [0.25, 0.3) is 0 Å². The number of nitrogens with zero attached hydrogens (tertiary/aromatic N) is 5. The molecular weight excluding hydrogens is 1180 g/mol. The number of hydrogen-bond donors (Lipinski definition) is 0. The molecule has 0 amide bonds. The van der Waals surface area contributed by atoms with E-state index in [0.29, 0.717) is 0 Å². The Bertz CT molecular complexity index is 6690. The average molecular weight is 1240 g/mol. The number of aromatic nitrogens is 5. The van der Waals surface area contributed by atoms with Crippen molar-refractivity contribution in [1.82, 2.24) is 22.8 Å². The van der Waals surface area contributed by atoms with Crippen LogP contribution in [0.1, 0.15) is 0 Å². The highest BCUT2D eigenvalue weighted by molar-refractivity contribution is 7.25. The Kier molecular flexibility index (Phi) is 12.1. The Labute approximate surface area is 556 Å². The molecule has 0 bridgehead atoms. The second-order valence-corrected chi connectivity index (χ2v) is 26.3. The largest absolute Gasteiger partial charge is 0.309 e. The number of thiophene rings is 1. The molecule has 5 nitrogen and oxygen atoms in total. The fourth-order valence-corrected chi connectivity index (χ4v) is 16.8. The SMILES string of the molecule is c1ccc(-n2c3ccccc3c3cc(-c4ccc5c(c4)c4ccccc4n5-c4ccc5c(c4)c4ccccc4n5-c4ccccc4)ccc32)cc1.c1ccc(-n2c3ccccc3c3cc(-c4ccc5c(c4)c4ccccc4n5-c4ccc5c(c4)sc4ccccc45)ccc32)cc1. The van der Waals surface area contributed by atoms with E-state index in [1.165, 1.54) is 174 Å². The molecule has 0 N–H and O–H groups in total. The van der Waals surface area contributed by atoms with E-state index in [1.807, 2.05) is 11.3 Å². The van der Waals surface area contributed by atoms with Crippen LogP contribution in [0.5, 0.6) is 0 Å². The molecule has 6 heteroatoms. The van der Waals surface area contributed by atoms with Gasteiger partial charge in [-0.3, -0.25) is 0 Å². The van der Waals surface area contributed by atoms with E-state index in [1.54, 1.807) is 0 Å². The maximum absolute atomic E-state index is 2.43. The summed E-state index contributed by atoms with van der Waals surface area (Å²) in [4.78, 5) is 0. The second-order valence-electron chi connectivity index (χ2n) is 25.2. The molecule has 6 aromatic heterocycles. The van der Waals surface area contributed by atoms with E-state index in [0.717, 1.165) is 5.69 Å². The minimum Gasteiger partial charge on any atom is -0.309 e. The highest BCUT2D eigenvalue weighted by Crippen LogP contribution is 2.44. The molecule has 0 spiro atoms. The molecular formula is C90H57N5S. The van der Waals surface area contributed by atoms with Gasteiger partial charge in [-0.25, -0.2) is 0 Å². The summed E-state index contributed by atoms with van der Waals surface area (Å²) in [5.74, 6) is 0. The second kappa shape index (κ2) is 21.6. The maximum atomic E-state index is 2.43. The molecule has 448 valence electrons. The van der Waals surface area contributed by atoms with E-state index in [4.69, 9.17) is 0 Å². The Morgan fingerprint density at radius 3 is 0.760 bits per heavy atom. The summed E-state index contributed by atoms with van der Waals surface area (Å²) in [5.41, 5.74) is 22.9. The van der Waals surface area contributed by atoms with Gasteiger partial charge in [0, 0.05) is 102 Å². The van der Waals surface area contributed by atoms with Crippen molar-refractivity contribution in [2.45, 2.75) is 0 Å². The zero-order chi connectivity index (χ0) is 63.0. The topological polar surface area (TPSA) is 24.6 Å². The van der Waals surface area contributed by atoms with E-state index in [9.17, 15) is 0 Å². The minimum atomic E-state index is 1.16. The molecule has 21 rings (SSSR count). The molecule has 0 radical (unpaired) electrons. The van der Waals surface area contributed by atoms with Crippen molar-refractivity contribution in [2.24, 2.45) is 0 Å². The molecule has 0 atom stereocenters. The lowest BCUT2D eigenvalue weighted by atomic mass is 10.0. The van der Waals surface area contributed by atoms with Gasteiger partial charge in [0.05, 0.1) is 55.2 Å². The van der Waals surface area contributed by atoms with Crippen LogP contribution >= 0.6 is 11.3 Å². The molecule has 0 aliphatic heterocycles. The summed E-state index contributed by atoms with van der Waals surface area (Å²) in [6.07, 6.45) is 0. The van der Waals surface area contributed by atoms with Gasteiger partial charge in [0.1, 0.15) is 0 Å². The zero-order valence-corrected chi connectivity index (χ0v) is 52.9. The number of rotatable bonds is 7. The van der Waals surface area contributed by atoms with Crippen molar-refractivity contribution in [3.8, 4) is 50.7 Å². The van der Waals surface area contributed by atoms with Gasteiger partial charge in [0.2, 0.25) is 0 Å². The third-order valence-corrected chi connectivity index (χ3v) is 21.1. The van der Waals surface area contributed by atoms with Crippen molar-refractivity contribution in [3.05, 3.63) is 346 Å². The Morgan fingerprint density at radius 2 is 0.396 bits per heavy atom. The van der Waals surface area contributed by atoms with Gasteiger partial charge in [-0.15, -0.1) is 11.3 Å². The lowest BCUT2D eigenvalue weighted by molar-refractivity contribution is 1.17. The lowest BCUT2D eigenvalue weighted by Crippen LogP contribution is -1.95. The highest BCUT2D eigenvalue weighted by atomic mass is 32.1. The van der Waals surface area contributed by atoms with Crippen molar-refractivity contribution in [3.63, 3.8) is 0 Å². The molecule has 0 saturated heterocycles. The highest BCUT2D eigenvalue weighted by Gasteiger charge is 2.21. The summed E-state index contributed by atoms with van der Waals surface area (Å²) < 4.78 is 14.6. The summed E-state index contributed by atoms with van der Waals surface area (Å²) in [6.45, 7) is 0. The number of para-hydroxylation sites is 8. The summed E-state index contributed by atoms with van der Waals surface area (Å²) in [6, 6.07) is 126. The Hall–Kier alpha value is -12.5. The van der Waals surface area contributed by atoms with Crippen LogP contribution < -0.4 is 0 Å². The monoisotopic (exact) mass is 1240 g/mol. The number of hydrogen-bond acceptors (Lipinski definition) is 1. The standard InChI is InChI=1S/C48H31N3.C42H26N2S/c1-3-13-34(14-4-1)49-43-20-10-7-17-37(43)40-29-32(23-26-46(40)49)33-24-27-47-41(30-33)38-18-8-12-22-45(38)51(47)36-25-28-48-42(31-36)39-19-9-11-21-44(39)50(48)35-15-5-2-6-16-35;1-2-10-29(11-3-1)43-37-15-7-4-12-31(37)35-24-27(18-22-39(35)43)28-19-23-40-36(25-28)32-13-5-8-16-38(32)44(40)30-20-21-34-33-14-6-9-17-41(33)45-42(34)26-30/h1-31H;1-26H. The van der Waals surface area contributed by atoms with Gasteiger partial charge in [-0.05, 0) is 174 Å². The van der Waals surface area contributed by atoms with Gasteiger partial charge in [-0.2, -0.15) is 0 Å². The third-order valence-electron chi connectivity index (χ3n) is 19.9. The third kappa shape index (κ3) is 8.35. The smallest absolute Gasteiger partial charge is 0.0542 e. The first-order valence-corrected chi connectivity index (χ1v) is 33.7. The van der Waals surface area contributed by atoms with Crippen molar-refractivity contribution in [2.75, 3.05) is 0 Å². The maximum Gasteiger partial charge on any atom is 0.0542 e. The van der Waals surface area contributed by atoms with Crippen LogP contribution in [0, 0.1) is 0 Å². The first-order valence-electron chi connectivity index (χ1n) is 32.9. The average Bonchev–Trinajstić information content (AvgIpc) is 1.60. The summed E-state index contributed by atoms with van der Waals surface area (Å²) in [7, 11) is 0. The van der Waals surface area contributed by atoms with Crippen LogP contribution in [0.3, 0.4) is 0 Å². The van der Waals surface area contributed by atoms with E-state index in [-0.39, 0.29) is 0 Å². The predicted molar refractivity (Wildman–Crippen MR) is 408 cm³/mol. The van der Waals surface area contributed by atoms with Crippen LogP contribution in [-0.4, -0.2) is 22.8 Å². The van der Waals surface area contributed by atoms with Crippen molar-refractivity contribution < 1.29 is 0 Å². The molecule has 0 aliphatic rings. The molecule has 21 aromatic rings.